The van der Waals surface area contributed by atoms with Crippen LogP contribution in [0.15, 0.2) is 28.7 Å². The number of rotatable bonds is 1. The zero-order valence-electron chi connectivity index (χ0n) is 6.88. The topological polar surface area (TPSA) is 41.1 Å². The Balaban J connectivity index is 2.26. The summed E-state index contributed by atoms with van der Waals surface area (Å²) < 4.78 is 1.03. The quantitative estimate of drug-likeness (QED) is 0.773. The molecular weight excluding hydrogens is 232 g/mol. The van der Waals surface area contributed by atoms with Gasteiger partial charge in [0.05, 0.1) is 6.04 Å². The van der Waals surface area contributed by atoms with Crippen LogP contribution in [0, 0.1) is 0 Å². The third-order valence-electron chi connectivity index (χ3n) is 2.05. The summed E-state index contributed by atoms with van der Waals surface area (Å²) >= 11 is 3.45. The van der Waals surface area contributed by atoms with Crippen molar-refractivity contribution in [2.75, 3.05) is 6.54 Å². The van der Waals surface area contributed by atoms with Crippen molar-refractivity contribution in [3.8, 4) is 0 Å². The summed E-state index contributed by atoms with van der Waals surface area (Å²) in [5.74, 6) is 0. The van der Waals surface area contributed by atoms with Crippen molar-refractivity contribution in [1.29, 1.82) is 0 Å². The molecule has 0 aromatic heterocycles. The van der Waals surface area contributed by atoms with Crippen LogP contribution in [0.25, 0.3) is 0 Å². The second kappa shape index (κ2) is 3.38. The molecule has 1 atom stereocenters. The molecule has 0 spiro atoms. The maximum atomic E-state index is 10.9. The Morgan fingerprint density at radius 3 is 2.77 bits per heavy atom. The van der Waals surface area contributed by atoms with E-state index in [1.54, 1.807) is 0 Å². The van der Waals surface area contributed by atoms with E-state index in [9.17, 15) is 4.79 Å². The molecule has 0 radical (unpaired) electrons. The van der Waals surface area contributed by atoms with Crippen LogP contribution in [0.1, 0.15) is 11.6 Å². The standard InChI is InChI=1S/C9H9BrN2O/c10-7-4-2-1-3-6(7)8-5-11-9(13)12-8/h1-4,8H,5H2,(H2,11,12,13). The molecule has 1 saturated heterocycles. The average molecular weight is 241 g/mol. The predicted octanol–water partition coefficient (Wildman–Crippen LogP) is 1.80. The van der Waals surface area contributed by atoms with Gasteiger partial charge >= 0.3 is 6.03 Å². The summed E-state index contributed by atoms with van der Waals surface area (Å²) in [6, 6.07) is 7.88. The van der Waals surface area contributed by atoms with Gasteiger partial charge in [-0.2, -0.15) is 0 Å². The third kappa shape index (κ3) is 1.67. The van der Waals surface area contributed by atoms with E-state index in [-0.39, 0.29) is 12.1 Å². The lowest BCUT2D eigenvalue weighted by atomic mass is 10.1. The number of carbonyl (C=O) groups excluding carboxylic acids is 1. The molecule has 2 N–H and O–H groups in total. The number of urea groups is 1. The van der Waals surface area contributed by atoms with Gasteiger partial charge in [0.2, 0.25) is 0 Å². The Labute approximate surface area is 84.6 Å². The summed E-state index contributed by atoms with van der Waals surface area (Å²) in [5, 5.41) is 5.56. The summed E-state index contributed by atoms with van der Waals surface area (Å²) in [5.41, 5.74) is 1.11. The first-order valence-electron chi connectivity index (χ1n) is 4.06. The molecule has 1 unspecified atom stereocenters. The van der Waals surface area contributed by atoms with Crippen LogP contribution >= 0.6 is 15.9 Å². The van der Waals surface area contributed by atoms with Crippen molar-refractivity contribution in [2.45, 2.75) is 6.04 Å². The van der Waals surface area contributed by atoms with Crippen molar-refractivity contribution >= 4 is 22.0 Å². The minimum atomic E-state index is -0.0965. The molecule has 2 amide bonds. The van der Waals surface area contributed by atoms with Gasteiger partial charge in [-0.3, -0.25) is 0 Å². The van der Waals surface area contributed by atoms with Crippen LogP contribution < -0.4 is 10.6 Å². The summed E-state index contributed by atoms with van der Waals surface area (Å²) in [4.78, 5) is 10.9. The van der Waals surface area contributed by atoms with Crippen LogP contribution in [-0.4, -0.2) is 12.6 Å². The number of hydrogen-bond acceptors (Lipinski definition) is 1. The largest absolute Gasteiger partial charge is 0.336 e. The van der Waals surface area contributed by atoms with E-state index in [1.165, 1.54) is 0 Å². The van der Waals surface area contributed by atoms with Gasteiger partial charge in [0.25, 0.3) is 0 Å². The second-order valence-electron chi connectivity index (χ2n) is 2.93. The van der Waals surface area contributed by atoms with Gasteiger partial charge in [-0.25, -0.2) is 4.79 Å². The first-order chi connectivity index (χ1) is 6.27. The normalized spacial score (nSPS) is 21.0. The first-order valence-corrected chi connectivity index (χ1v) is 4.85. The average Bonchev–Trinajstić information content (AvgIpc) is 2.53. The van der Waals surface area contributed by atoms with Gasteiger partial charge in [-0.05, 0) is 11.6 Å². The molecule has 0 saturated carbocycles. The Morgan fingerprint density at radius 2 is 2.15 bits per heavy atom. The highest BCUT2D eigenvalue weighted by Crippen LogP contribution is 2.23. The smallest absolute Gasteiger partial charge is 0.315 e. The van der Waals surface area contributed by atoms with Crippen LogP contribution in [0.4, 0.5) is 4.79 Å². The second-order valence-corrected chi connectivity index (χ2v) is 3.78. The summed E-state index contributed by atoms with van der Waals surface area (Å²) in [6.07, 6.45) is 0. The maximum absolute atomic E-state index is 10.9. The monoisotopic (exact) mass is 240 g/mol. The van der Waals surface area contributed by atoms with E-state index in [4.69, 9.17) is 0 Å². The van der Waals surface area contributed by atoms with E-state index in [1.807, 2.05) is 24.3 Å². The number of benzene rings is 1. The molecule has 13 heavy (non-hydrogen) atoms. The van der Waals surface area contributed by atoms with Gasteiger partial charge in [-0.1, -0.05) is 34.1 Å². The number of halogens is 1. The van der Waals surface area contributed by atoms with Crippen LogP contribution in [0.2, 0.25) is 0 Å². The maximum Gasteiger partial charge on any atom is 0.315 e. The first kappa shape index (κ1) is 8.56. The van der Waals surface area contributed by atoms with Gasteiger partial charge in [0.15, 0.2) is 0 Å². The lowest BCUT2D eigenvalue weighted by molar-refractivity contribution is 0.247. The van der Waals surface area contributed by atoms with Crippen molar-refractivity contribution in [2.24, 2.45) is 0 Å². The van der Waals surface area contributed by atoms with Crippen molar-refractivity contribution in [3.63, 3.8) is 0 Å². The molecule has 1 aliphatic rings. The number of carbonyl (C=O) groups is 1. The lowest BCUT2D eigenvalue weighted by Crippen LogP contribution is -2.21. The highest BCUT2D eigenvalue weighted by atomic mass is 79.9. The van der Waals surface area contributed by atoms with Crippen molar-refractivity contribution in [1.82, 2.24) is 10.6 Å². The van der Waals surface area contributed by atoms with Crippen LogP contribution in [0.3, 0.4) is 0 Å². The summed E-state index contributed by atoms with van der Waals surface area (Å²) in [7, 11) is 0. The van der Waals surface area contributed by atoms with Crippen LogP contribution in [0.5, 0.6) is 0 Å². The van der Waals surface area contributed by atoms with Crippen molar-refractivity contribution in [3.05, 3.63) is 34.3 Å². The molecule has 68 valence electrons. The van der Waals surface area contributed by atoms with E-state index in [0.29, 0.717) is 6.54 Å². The fourth-order valence-corrected chi connectivity index (χ4v) is 1.96. The Morgan fingerprint density at radius 1 is 1.38 bits per heavy atom. The molecule has 1 aliphatic heterocycles. The van der Waals surface area contributed by atoms with Gasteiger partial charge in [0.1, 0.15) is 0 Å². The van der Waals surface area contributed by atoms with E-state index in [2.05, 4.69) is 26.6 Å². The molecule has 0 aliphatic carbocycles. The fraction of sp³-hybridized carbons (Fsp3) is 0.222. The molecule has 1 aromatic carbocycles. The molecule has 3 nitrogen and oxygen atoms in total. The molecular formula is C9H9BrN2O. The number of amides is 2. The van der Waals surface area contributed by atoms with E-state index in [0.717, 1.165) is 10.0 Å². The SMILES string of the molecule is O=C1NCC(c2ccccc2Br)N1. The molecule has 1 heterocycles. The molecule has 1 aromatic rings. The molecule has 0 bridgehead atoms. The predicted molar refractivity (Wildman–Crippen MR) is 53.4 cm³/mol. The highest BCUT2D eigenvalue weighted by Gasteiger charge is 2.22. The minimum absolute atomic E-state index is 0.0862. The van der Waals surface area contributed by atoms with Crippen LogP contribution in [-0.2, 0) is 0 Å². The number of nitrogens with one attached hydrogen (secondary N) is 2. The van der Waals surface area contributed by atoms with Gasteiger partial charge in [0, 0.05) is 11.0 Å². The van der Waals surface area contributed by atoms with Crippen molar-refractivity contribution < 1.29 is 4.79 Å². The minimum Gasteiger partial charge on any atom is -0.336 e. The Kier molecular flexibility index (Phi) is 2.22. The molecule has 2 rings (SSSR count). The lowest BCUT2D eigenvalue weighted by Gasteiger charge is -2.10. The molecule has 4 heteroatoms. The van der Waals surface area contributed by atoms with E-state index < -0.39 is 0 Å². The van der Waals surface area contributed by atoms with Gasteiger partial charge < -0.3 is 10.6 Å². The van der Waals surface area contributed by atoms with E-state index >= 15 is 0 Å². The zero-order valence-corrected chi connectivity index (χ0v) is 8.47. The third-order valence-corrected chi connectivity index (χ3v) is 2.77. The summed E-state index contributed by atoms with van der Waals surface area (Å²) in [6.45, 7) is 0.654. The van der Waals surface area contributed by atoms with Gasteiger partial charge in [-0.15, -0.1) is 0 Å². The highest BCUT2D eigenvalue weighted by molar-refractivity contribution is 9.10. The number of hydrogen-bond donors (Lipinski definition) is 2. The molecule has 1 fully saturated rings. The Bertz CT molecular complexity index is 340. The Hall–Kier alpha value is -1.03. The fourth-order valence-electron chi connectivity index (χ4n) is 1.40. The zero-order chi connectivity index (χ0) is 9.26.